The first kappa shape index (κ1) is 16.3. The topological polar surface area (TPSA) is 75.2 Å². The molecule has 0 aliphatic carbocycles. The van der Waals surface area contributed by atoms with E-state index in [9.17, 15) is 8.42 Å². The van der Waals surface area contributed by atoms with Gasteiger partial charge in [-0.1, -0.05) is 18.2 Å². The normalized spacial score (nSPS) is 24.3. The highest BCUT2D eigenvalue weighted by Crippen LogP contribution is 2.37. The highest BCUT2D eigenvalue weighted by Gasteiger charge is 2.30. The molecule has 0 radical (unpaired) electrons. The molecule has 0 bridgehead atoms. The van der Waals surface area contributed by atoms with Gasteiger partial charge in [-0.3, -0.25) is 0 Å². The number of anilines is 3. The Kier molecular flexibility index (Phi) is 3.91. The Morgan fingerprint density at radius 3 is 2.80 bits per heavy atom. The second-order valence-corrected chi connectivity index (χ2v) is 9.22. The summed E-state index contributed by atoms with van der Waals surface area (Å²) < 4.78 is 23.3. The molecule has 1 saturated heterocycles. The van der Waals surface area contributed by atoms with E-state index >= 15 is 0 Å². The van der Waals surface area contributed by atoms with Crippen molar-refractivity contribution in [3.05, 3.63) is 41.6 Å². The molecular formula is C18H22N4O2S. The molecule has 3 heterocycles. The third-order valence-electron chi connectivity index (χ3n) is 4.86. The zero-order chi connectivity index (χ0) is 17.6. The summed E-state index contributed by atoms with van der Waals surface area (Å²) >= 11 is 0. The summed E-state index contributed by atoms with van der Waals surface area (Å²) in [6.07, 6.45) is 1.60. The Bertz CT molecular complexity index is 913. The predicted octanol–water partition coefficient (Wildman–Crippen LogP) is 2.47. The number of fused-ring (bicyclic) bond motifs is 1. The van der Waals surface area contributed by atoms with Crippen LogP contribution in [0.4, 0.5) is 17.5 Å². The van der Waals surface area contributed by atoms with Gasteiger partial charge < -0.3 is 10.2 Å². The summed E-state index contributed by atoms with van der Waals surface area (Å²) in [6.45, 7) is 4.13. The van der Waals surface area contributed by atoms with Crippen LogP contribution in [-0.4, -0.2) is 42.0 Å². The molecule has 4 rings (SSSR count). The number of nitrogens with one attached hydrogen (secondary N) is 1. The molecule has 132 valence electrons. The van der Waals surface area contributed by atoms with E-state index in [1.54, 1.807) is 0 Å². The molecule has 2 aromatic rings. The first-order valence-corrected chi connectivity index (χ1v) is 10.4. The average molecular weight is 358 g/mol. The van der Waals surface area contributed by atoms with Gasteiger partial charge in [-0.25, -0.2) is 13.4 Å². The van der Waals surface area contributed by atoms with Crippen LogP contribution < -0.4 is 10.2 Å². The first-order valence-electron chi connectivity index (χ1n) is 8.61. The molecule has 0 spiro atoms. The lowest BCUT2D eigenvalue weighted by molar-refractivity contribution is 0.602. The Balaban J connectivity index is 1.64. The molecule has 0 amide bonds. The van der Waals surface area contributed by atoms with Crippen molar-refractivity contribution in [1.29, 1.82) is 0 Å². The van der Waals surface area contributed by atoms with Crippen molar-refractivity contribution in [2.24, 2.45) is 0 Å². The number of nitrogens with zero attached hydrogens (tertiary/aromatic N) is 3. The van der Waals surface area contributed by atoms with Crippen LogP contribution in [0.5, 0.6) is 0 Å². The molecule has 2 aliphatic heterocycles. The summed E-state index contributed by atoms with van der Waals surface area (Å²) in [5, 5.41) is 3.21. The third kappa shape index (κ3) is 3.20. The number of sulfone groups is 1. The molecule has 6 nitrogen and oxygen atoms in total. The van der Waals surface area contributed by atoms with Crippen LogP contribution in [0.2, 0.25) is 0 Å². The fourth-order valence-corrected chi connectivity index (χ4v) is 5.42. The largest absolute Gasteiger partial charge is 0.350 e. The van der Waals surface area contributed by atoms with Crippen LogP contribution in [0.1, 0.15) is 24.6 Å². The van der Waals surface area contributed by atoms with Gasteiger partial charge in [0.15, 0.2) is 9.84 Å². The lowest BCUT2D eigenvalue weighted by Crippen LogP contribution is -2.27. The summed E-state index contributed by atoms with van der Waals surface area (Å²) in [7, 11) is -2.93. The van der Waals surface area contributed by atoms with Gasteiger partial charge in [0.05, 0.1) is 11.5 Å². The molecule has 0 saturated carbocycles. The van der Waals surface area contributed by atoms with Crippen molar-refractivity contribution in [3.8, 4) is 0 Å². The monoisotopic (exact) mass is 358 g/mol. The summed E-state index contributed by atoms with van der Waals surface area (Å²) in [4.78, 5) is 11.4. The number of hydrogen-bond acceptors (Lipinski definition) is 6. The van der Waals surface area contributed by atoms with E-state index in [1.165, 1.54) is 11.3 Å². The highest BCUT2D eigenvalue weighted by molar-refractivity contribution is 7.91. The summed E-state index contributed by atoms with van der Waals surface area (Å²) in [5.41, 5.74) is 3.37. The zero-order valence-electron chi connectivity index (χ0n) is 14.4. The third-order valence-corrected chi connectivity index (χ3v) is 6.63. The molecule has 2 unspecified atom stereocenters. The van der Waals surface area contributed by atoms with Gasteiger partial charge >= 0.3 is 0 Å². The lowest BCUT2D eigenvalue weighted by Gasteiger charge is -2.25. The Hall–Kier alpha value is -2.15. The number of aryl methyl sites for hydroxylation is 1. The van der Waals surface area contributed by atoms with Crippen LogP contribution >= 0.6 is 0 Å². The highest BCUT2D eigenvalue weighted by atomic mass is 32.2. The van der Waals surface area contributed by atoms with Crippen molar-refractivity contribution < 1.29 is 8.42 Å². The van der Waals surface area contributed by atoms with Gasteiger partial charge in [0, 0.05) is 29.5 Å². The molecule has 1 aromatic carbocycles. The molecule has 1 fully saturated rings. The van der Waals surface area contributed by atoms with Crippen LogP contribution in [0.25, 0.3) is 0 Å². The van der Waals surface area contributed by atoms with E-state index in [0.29, 0.717) is 18.4 Å². The molecule has 2 atom stereocenters. The van der Waals surface area contributed by atoms with Gasteiger partial charge in [0.2, 0.25) is 5.95 Å². The minimum atomic E-state index is -2.93. The second kappa shape index (κ2) is 5.98. The van der Waals surface area contributed by atoms with Crippen LogP contribution in [0, 0.1) is 6.92 Å². The van der Waals surface area contributed by atoms with E-state index < -0.39 is 9.84 Å². The number of hydrogen-bond donors (Lipinski definition) is 1. The zero-order valence-corrected chi connectivity index (χ0v) is 15.3. The fraction of sp³-hybridized carbons (Fsp3) is 0.444. The molecule has 25 heavy (non-hydrogen) atoms. The first-order chi connectivity index (χ1) is 11.9. The van der Waals surface area contributed by atoms with Crippen molar-refractivity contribution >= 4 is 27.3 Å². The number of aromatic nitrogens is 2. The maximum atomic E-state index is 11.7. The Morgan fingerprint density at radius 2 is 2.04 bits per heavy atom. The maximum absolute atomic E-state index is 11.7. The van der Waals surface area contributed by atoms with E-state index in [2.05, 4.69) is 45.3 Å². The van der Waals surface area contributed by atoms with E-state index in [1.807, 2.05) is 19.1 Å². The van der Waals surface area contributed by atoms with Crippen molar-refractivity contribution in [2.75, 3.05) is 21.7 Å². The van der Waals surface area contributed by atoms with Crippen molar-refractivity contribution in [3.63, 3.8) is 0 Å². The fourth-order valence-electron chi connectivity index (χ4n) is 3.75. The van der Waals surface area contributed by atoms with Crippen LogP contribution in [0.3, 0.4) is 0 Å². The van der Waals surface area contributed by atoms with Gasteiger partial charge in [0.1, 0.15) is 5.82 Å². The number of benzene rings is 1. The molecule has 1 aromatic heterocycles. The van der Waals surface area contributed by atoms with Crippen LogP contribution in [0.15, 0.2) is 30.3 Å². The lowest BCUT2D eigenvalue weighted by atomic mass is 10.1. The summed E-state index contributed by atoms with van der Waals surface area (Å²) in [5.74, 6) is 1.75. The minimum Gasteiger partial charge on any atom is -0.350 e. The standard InChI is InChI=1S/C18H22N4O2S/c1-12-9-17(22-13(2)10-14-5-3-4-6-16(14)22)21-18(19-12)20-15-7-8-25(23,24)11-15/h3-6,9,13,15H,7-8,10-11H2,1-2H3,(H,19,20,21). The van der Waals surface area contributed by atoms with Gasteiger partial charge in [-0.05, 0) is 38.3 Å². The molecule has 2 aliphatic rings. The molecule has 7 heteroatoms. The average Bonchev–Trinajstić information content (AvgIpc) is 3.04. The Morgan fingerprint density at radius 1 is 1.24 bits per heavy atom. The van der Waals surface area contributed by atoms with E-state index in [0.717, 1.165) is 17.9 Å². The van der Waals surface area contributed by atoms with Crippen LogP contribution in [-0.2, 0) is 16.3 Å². The van der Waals surface area contributed by atoms with Gasteiger partial charge in [-0.15, -0.1) is 0 Å². The number of rotatable bonds is 3. The second-order valence-electron chi connectivity index (χ2n) is 6.99. The van der Waals surface area contributed by atoms with E-state index in [4.69, 9.17) is 0 Å². The SMILES string of the molecule is Cc1cc(N2c3ccccc3CC2C)nc(NC2CCS(=O)(=O)C2)n1. The Labute approximate surface area is 148 Å². The maximum Gasteiger partial charge on any atom is 0.225 e. The smallest absolute Gasteiger partial charge is 0.225 e. The number of para-hydroxylation sites is 1. The van der Waals surface area contributed by atoms with E-state index in [-0.39, 0.29) is 17.5 Å². The minimum absolute atomic E-state index is 0.108. The summed E-state index contributed by atoms with van der Waals surface area (Å²) in [6, 6.07) is 10.6. The molecule has 1 N–H and O–H groups in total. The van der Waals surface area contributed by atoms with Crippen molar-refractivity contribution in [2.45, 2.75) is 38.8 Å². The molecular weight excluding hydrogens is 336 g/mol. The quantitative estimate of drug-likeness (QED) is 0.908. The van der Waals surface area contributed by atoms with Gasteiger partial charge in [-0.2, -0.15) is 4.98 Å². The predicted molar refractivity (Wildman–Crippen MR) is 99.2 cm³/mol. The van der Waals surface area contributed by atoms with Gasteiger partial charge in [0.25, 0.3) is 0 Å². The van der Waals surface area contributed by atoms with Crippen molar-refractivity contribution in [1.82, 2.24) is 9.97 Å².